The van der Waals surface area contributed by atoms with Crippen LogP contribution in [-0.4, -0.2) is 36.2 Å². The Bertz CT molecular complexity index is 1260. The lowest BCUT2D eigenvalue weighted by Gasteiger charge is -2.34. The van der Waals surface area contributed by atoms with Crippen LogP contribution in [0.4, 0.5) is 5.13 Å². The Hall–Kier alpha value is -1.97. The molecule has 1 fully saturated rings. The molecular formula is C23H23Cl2N3O3S2. The van der Waals surface area contributed by atoms with Crippen LogP contribution in [0.15, 0.2) is 52.7 Å². The van der Waals surface area contributed by atoms with E-state index in [2.05, 4.69) is 10.3 Å². The Morgan fingerprint density at radius 3 is 2.61 bits per heavy atom. The summed E-state index contributed by atoms with van der Waals surface area (Å²) in [4.78, 5) is 17.3. The Balaban J connectivity index is 1.47. The lowest BCUT2D eigenvalue weighted by molar-refractivity contribution is 0.102. The predicted molar refractivity (Wildman–Crippen MR) is 134 cm³/mol. The molecule has 0 saturated carbocycles. The average Bonchev–Trinajstić information content (AvgIpc) is 3.29. The Morgan fingerprint density at radius 1 is 1.15 bits per heavy atom. The van der Waals surface area contributed by atoms with Gasteiger partial charge in [0.25, 0.3) is 5.91 Å². The number of nitrogens with one attached hydrogen (secondary N) is 1. The molecule has 1 aromatic heterocycles. The summed E-state index contributed by atoms with van der Waals surface area (Å²) in [5.74, 6) is -0.363. The van der Waals surface area contributed by atoms with Crippen molar-refractivity contribution in [1.82, 2.24) is 9.29 Å². The molecule has 174 valence electrons. The van der Waals surface area contributed by atoms with Crippen LogP contribution in [0.1, 0.15) is 43.0 Å². The van der Waals surface area contributed by atoms with Gasteiger partial charge in [0.05, 0.1) is 20.6 Å². The number of halogens is 2. The summed E-state index contributed by atoms with van der Waals surface area (Å²) < 4.78 is 27.8. The number of hydrogen-bond donors (Lipinski definition) is 1. The first-order valence-electron chi connectivity index (χ1n) is 10.6. The number of nitrogens with zero attached hydrogens (tertiary/aromatic N) is 2. The number of hydrogen-bond acceptors (Lipinski definition) is 5. The number of anilines is 1. The molecule has 2 heterocycles. The van der Waals surface area contributed by atoms with Gasteiger partial charge in [-0.1, -0.05) is 42.6 Å². The summed E-state index contributed by atoms with van der Waals surface area (Å²) in [6.45, 7) is 2.55. The quantitative estimate of drug-likeness (QED) is 0.409. The molecule has 1 atom stereocenters. The van der Waals surface area contributed by atoms with Gasteiger partial charge in [-0.2, -0.15) is 4.31 Å². The molecule has 1 N–H and O–H groups in total. The second-order valence-electron chi connectivity index (χ2n) is 7.82. The van der Waals surface area contributed by atoms with Crippen molar-refractivity contribution >= 4 is 55.6 Å². The van der Waals surface area contributed by atoms with Gasteiger partial charge in [-0.25, -0.2) is 13.4 Å². The second-order valence-corrected chi connectivity index (χ2v) is 11.4. The number of sulfonamides is 1. The van der Waals surface area contributed by atoms with Crippen LogP contribution in [0, 0.1) is 0 Å². The number of benzene rings is 2. The van der Waals surface area contributed by atoms with Gasteiger partial charge in [0.1, 0.15) is 0 Å². The molecule has 1 aliphatic heterocycles. The Morgan fingerprint density at radius 2 is 1.91 bits per heavy atom. The normalized spacial score (nSPS) is 17.1. The van der Waals surface area contributed by atoms with Gasteiger partial charge in [-0.15, -0.1) is 11.3 Å². The molecular weight excluding hydrogens is 501 g/mol. The molecule has 33 heavy (non-hydrogen) atoms. The predicted octanol–water partition coefficient (Wildman–Crippen LogP) is 6.32. The highest BCUT2D eigenvalue weighted by atomic mass is 35.5. The zero-order valence-corrected chi connectivity index (χ0v) is 21.1. The molecule has 1 saturated heterocycles. The largest absolute Gasteiger partial charge is 0.298 e. The van der Waals surface area contributed by atoms with Gasteiger partial charge in [-0.3, -0.25) is 10.1 Å². The first-order chi connectivity index (χ1) is 15.8. The number of aromatic nitrogens is 1. The van der Waals surface area contributed by atoms with Crippen LogP contribution >= 0.6 is 34.5 Å². The zero-order chi connectivity index (χ0) is 23.6. The molecule has 0 aliphatic carbocycles. The van der Waals surface area contributed by atoms with Crippen molar-refractivity contribution in [2.45, 2.75) is 43.5 Å². The van der Waals surface area contributed by atoms with Crippen molar-refractivity contribution in [1.29, 1.82) is 0 Å². The number of rotatable bonds is 6. The van der Waals surface area contributed by atoms with E-state index < -0.39 is 10.0 Å². The van der Waals surface area contributed by atoms with E-state index in [1.54, 1.807) is 22.5 Å². The van der Waals surface area contributed by atoms with Crippen molar-refractivity contribution in [2.24, 2.45) is 0 Å². The molecule has 0 bridgehead atoms. The van der Waals surface area contributed by atoms with Crippen LogP contribution < -0.4 is 5.32 Å². The molecule has 3 aromatic rings. The fourth-order valence-corrected chi connectivity index (χ4v) is 6.68. The first-order valence-corrected chi connectivity index (χ1v) is 13.7. The third-order valence-corrected chi connectivity index (χ3v) is 9.17. The Labute approximate surface area is 207 Å². The summed E-state index contributed by atoms with van der Waals surface area (Å²) in [5.41, 5.74) is 1.81. The van der Waals surface area contributed by atoms with Crippen molar-refractivity contribution in [3.8, 4) is 11.3 Å². The van der Waals surface area contributed by atoms with Gasteiger partial charge in [0.2, 0.25) is 10.0 Å². The molecule has 1 amide bonds. The number of carbonyl (C=O) groups excluding carboxylic acids is 1. The van der Waals surface area contributed by atoms with E-state index >= 15 is 0 Å². The third-order valence-electron chi connectivity index (χ3n) is 5.71. The molecule has 0 spiro atoms. The van der Waals surface area contributed by atoms with E-state index in [9.17, 15) is 13.2 Å². The van der Waals surface area contributed by atoms with Crippen LogP contribution in [0.3, 0.4) is 0 Å². The highest BCUT2D eigenvalue weighted by molar-refractivity contribution is 7.89. The second kappa shape index (κ2) is 10.1. The molecule has 1 aliphatic rings. The van der Waals surface area contributed by atoms with Gasteiger partial charge < -0.3 is 0 Å². The van der Waals surface area contributed by atoms with E-state index in [4.69, 9.17) is 23.2 Å². The summed E-state index contributed by atoms with van der Waals surface area (Å²) in [6, 6.07) is 11.3. The van der Waals surface area contributed by atoms with E-state index in [1.807, 2.05) is 12.3 Å². The fourth-order valence-electron chi connectivity index (χ4n) is 3.90. The zero-order valence-electron chi connectivity index (χ0n) is 17.9. The molecule has 10 heteroatoms. The minimum absolute atomic E-state index is 0.0290. The molecule has 1 unspecified atom stereocenters. The van der Waals surface area contributed by atoms with Gasteiger partial charge in [0, 0.05) is 29.1 Å². The van der Waals surface area contributed by atoms with E-state index in [0.717, 1.165) is 31.2 Å². The highest BCUT2D eigenvalue weighted by Gasteiger charge is 2.32. The van der Waals surface area contributed by atoms with Gasteiger partial charge >= 0.3 is 0 Å². The number of piperidine rings is 1. The maximum Gasteiger partial charge on any atom is 0.257 e. The minimum atomic E-state index is -3.59. The Kier molecular flexibility index (Phi) is 7.40. The van der Waals surface area contributed by atoms with Gasteiger partial charge in [0.15, 0.2) is 5.13 Å². The molecule has 0 radical (unpaired) electrons. The maximum atomic E-state index is 13.1. The van der Waals surface area contributed by atoms with Crippen molar-refractivity contribution in [3.05, 3.63) is 63.5 Å². The lowest BCUT2D eigenvalue weighted by Crippen LogP contribution is -2.43. The topological polar surface area (TPSA) is 79.4 Å². The first kappa shape index (κ1) is 24.2. The maximum absolute atomic E-state index is 13.1. The van der Waals surface area contributed by atoms with Gasteiger partial charge in [-0.05, 0) is 55.7 Å². The van der Waals surface area contributed by atoms with E-state index in [-0.39, 0.29) is 16.8 Å². The summed E-state index contributed by atoms with van der Waals surface area (Å²) in [7, 11) is -3.59. The van der Waals surface area contributed by atoms with Crippen LogP contribution in [0.25, 0.3) is 11.3 Å². The minimum Gasteiger partial charge on any atom is -0.298 e. The standard InChI is InChI=1S/C23H23Cl2N3O3S2/c1-2-17-5-3-4-12-28(17)33(30,31)18-9-6-15(7-10-18)22(29)27-23-26-21(14-32-23)16-8-11-19(24)20(25)13-16/h6-11,13-14,17H,2-5,12H2,1H3,(H,26,27,29). The summed E-state index contributed by atoms with van der Waals surface area (Å²) >= 11 is 13.3. The van der Waals surface area contributed by atoms with Crippen molar-refractivity contribution in [3.63, 3.8) is 0 Å². The number of carbonyl (C=O) groups is 1. The number of thiazole rings is 1. The lowest BCUT2D eigenvalue weighted by atomic mass is 10.0. The van der Waals surface area contributed by atoms with Crippen molar-refractivity contribution in [2.75, 3.05) is 11.9 Å². The fraction of sp³-hybridized carbons (Fsp3) is 0.304. The van der Waals surface area contributed by atoms with Crippen molar-refractivity contribution < 1.29 is 13.2 Å². The number of amides is 1. The molecule has 2 aromatic carbocycles. The average molecular weight is 524 g/mol. The van der Waals surface area contributed by atoms with E-state index in [1.165, 1.54) is 35.6 Å². The molecule has 4 rings (SSSR count). The monoisotopic (exact) mass is 523 g/mol. The third kappa shape index (κ3) is 5.25. The molecule has 6 nitrogen and oxygen atoms in total. The van der Waals surface area contributed by atoms with Crippen LogP contribution in [0.5, 0.6) is 0 Å². The summed E-state index contributed by atoms with van der Waals surface area (Å²) in [6.07, 6.45) is 3.59. The smallest absolute Gasteiger partial charge is 0.257 e. The summed E-state index contributed by atoms with van der Waals surface area (Å²) in [5, 5.41) is 5.89. The highest BCUT2D eigenvalue weighted by Crippen LogP contribution is 2.31. The van der Waals surface area contributed by atoms with E-state index in [0.29, 0.717) is 33.0 Å². The SMILES string of the molecule is CCC1CCCCN1S(=O)(=O)c1ccc(C(=O)Nc2nc(-c3ccc(Cl)c(Cl)c3)cs2)cc1. The van der Waals surface area contributed by atoms with Crippen LogP contribution in [0.2, 0.25) is 10.0 Å². The van der Waals surface area contributed by atoms with Crippen LogP contribution in [-0.2, 0) is 10.0 Å².